The van der Waals surface area contributed by atoms with Gasteiger partial charge in [-0.05, 0) is 38.1 Å². The van der Waals surface area contributed by atoms with Crippen LogP contribution in [0.3, 0.4) is 0 Å². The highest BCUT2D eigenvalue weighted by Crippen LogP contribution is 2.32. The minimum atomic E-state index is -0.316. The fraction of sp³-hybridized carbons (Fsp3) is 0.0909. The lowest BCUT2D eigenvalue weighted by Crippen LogP contribution is -2.30. The first-order valence-electron chi connectivity index (χ1n) is 9.29. The van der Waals surface area contributed by atoms with Crippen molar-refractivity contribution in [2.75, 3.05) is 11.2 Å². The number of pyridine rings is 1. The van der Waals surface area contributed by atoms with Crippen LogP contribution in [0, 0.1) is 13.8 Å². The van der Waals surface area contributed by atoms with Crippen molar-refractivity contribution < 1.29 is 9.53 Å². The van der Waals surface area contributed by atoms with Crippen molar-refractivity contribution in [1.29, 1.82) is 0 Å². The number of carbonyl (C=O) groups excluding carboxylic acids is 1. The number of aryl methyl sites for hydroxylation is 2. The molecule has 1 amide bonds. The number of nitrogens with one attached hydrogen (secondary N) is 2. The second-order valence-electron chi connectivity index (χ2n) is 6.77. The smallest absolute Gasteiger partial charge is 0.269 e. The number of anilines is 2. The van der Waals surface area contributed by atoms with E-state index in [0.29, 0.717) is 16.8 Å². The fourth-order valence-corrected chi connectivity index (χ4v) is 2.86. The molecule has 0 aliphatic heterocycles. The van der Waals surface area contributed by atoms with E-state index in [1.54, 1.807) is 18.2 Å². The monoisotopic (exact) mass is 400 g/mol. The van der Waals surface area contributed by atoms with Gasteiger partial charge in [0.05, 0.1) is 0 Å². The molecule has 0 unspecified atom stereocenters. The third-order valence-corrected chi connectivity index (χ3v) is 4.48. The number of hydrogen-bond donors (Lipinski definition) is 3. The third-order valence-electron chi connectivity index (χ3n) is 4.48. The average molecular weight is 400 g/mol. The molecule has 0 saturated heterocycles. The molecule has 0 aliphatic carbocycles. The Labute approximate surface area is 173 Å². The summed E-state index contributed by atoms with van der Waals surface area (Å²) in [5.41, 5.74) is 14.8. The zero-order valence-electron chi connectivity index (χ0n) is 16.5. The van der Waals surface area contributed by atoms with Gasteiger partial charge in [0.25, 0.3) is 5.91 Å². The van der Waals surface area contributed by atoms with Crippen molar-refractivity contribution in [3.63, 3.8) is 0 Å². The molecule has 2 aromatic carbocycles. The van der Waals surface area contributed by atoms with Crippen molar-refractivity contribution in [1.82, 2.24) is 20.4 Å². The Morgan fingerprint density at radius 2 is 1.80 bits per heavy atom. The summed E-state index contributed by atoms with van der Waals surface area (Å²) in [6.07, 6.45) is 1.30. The van der Waals surface area contributed by atoms with Crippen LogP contribution >= 0.6 is 0 Å². The highest BCUT2D eigenvalue weighted by atomic mass is 16.5. The zero-order valence-corrected chi connectivity index (χ0v) is 16.5. The summed E-state index contributed by atoms with van der Waals surface area (Å²) in [7, 11) is 0. The maximum absolute atomic E-state index is 12.3. The van der Waals surface area contributed by atoms with Crippen LogP contribution in [0.25, 0.3) is 10.9 Å². The average Bonchev–Trinajstić information content (AvgIpc) is 2.75. The van der Waals surface area contributed by atoms with Gasteiger partial charge in [-0.25, -0.2) is 9.97 Å². The summed E-state index contributed by atoms with van der Waals surface area (Å²) in [6.45, 7) is 3.86. The third kappa shape index (κ3) is 3.97. The number of fused-ring (bicyclic) bond motifs is 1. The number of amides is 1. The Morgan fingerprint density at radius 3 is 2.60 bits per heavy atom. The number of hydrogen-bond acceptors (Lipinski definition) is 7. The minimum absolute atomic E-state index is 0.159. The number of nitrogens with two attached hydrogens (primary N) is 1. The van der Waals surface area contributed by atoms with Crippen molar-refractivity contribution in [2.24, 2.45) is 0 Å². The number of carbonyl (C=O) groups is 1. The number of aromatic nitrogens is 3. The van der Waals surface area contributed by atoms with Crippen LogP contribution in [0.5, 0.6) is 11.6 Å². The van der Waals surface area contributed by atoms with Gasteiger partial charge in [-0.15, -0.1) is 0 Å². The van der Waals surface area contributed by atoms with Crippen molar-refractivity contribution in [2.45, 2.75) is 13.8 Å². The van der Waals surface area contributed by atoms with Gasteiger partial charge >= 0.3 is 0 Å². The van der Waals surface area contributed by atoms with Crippen LogP contribution in [0.4, 0.5) is 11.5 Å². The Hall–Kier alpha value is -4.20. The van der Waals surface area contributed by atoms with Gasteiger partial charge in [-0.1, -0.05) is 35.9 Å². The highest BCUT2D eigenvalue weighted by molar-refractivity contribution is 5.95. The van der Waals surface area contributed by atoms with Gasteiger partial charge in [0.15, 0.2) is 11.6 Å². The van der Waals surface area contributed by atoms with E-state index in [2.05, 4.69) is 25.8 Å². The molecule has 2 heterocycles. The maximum atomic E-state index is 12.3. The number of nitrogens with zero attached hydrogens (tertiary/aromatic N) is 3. The predicted octanol–water partition coefficient (Wildman–Crippen LogP) is 3.77. The number of para-hydroxylation sites is 1. The molecule has 0 radical (unpaired) electrons. The van der Waals surface area contributed by atoms with E-state index in [-0.39, 0.29) is 23.3 Å². The molecular weight excluding hydrogens is 380 g/mol. The van der Waals surface area contributed by atoms with E-state index in [1.165, 1.54) is 6.33 Å². The summed E-state index contributed by atoms with van der Waals surface area (Å²) in [5.74, 6) is 0.596. The van der Waals surface area contributed by atoms with Gasteiger partial charge in [0.1, 0.15) is 17.5 Å². The molecule has 0 spiro atoms. The molecule has 150 valence electrons. The molecule has 4 N–H and O–H groups in total. The van der Waals surface area contributed by atoms with E-state index >= 15 is 0 Å². The van der Waals surface area contributed by atoms with E-state index in [1.807, 2.05) is 50.2 Å². The summed E-state index contributed by atoms with van der Waals surface area (Å²) >= 11 is 0. The molecule has 0 fully saturated rings. The van der Waals surface area contributed by atoms with E-state index < -0.39 is 0 Å². The fourth-order valence-electron chi connectivity index (χ4n) is 2.86. The van der Waals surface area contributed by atoms with Gasteiger partial charge in [-0.3, -0.25) is 15.6 Å². The number of benzene rings is 2. The van der Waals surface area contributed by atoms with Gasteiger partial charge in [0.2, 0.25) is 5.88 Å². The lowest BCUT2D eigenvalue weighted by Gasteiger charge is -2.13. The Kier molecular flexibility index (Phi) is 5.13. The summed E-state index contributed by atoms with van der Waals surface area (Å²) in [6, 6.07) is 16.7. The lowest BCUT2D eigenvalue weighted by atomic mass is 10.1. The normalized spacial score (nSPS) is 10.6. The van der Waals surface area contributed by atoms with Crippen LogP contribution in [-0.4, -0.2) is 20.9 Å². The van der Waals surface area contributed by atoms with Crippen molar-refractivity contribution in [3.8, 4) is 11.6 Å². The molecular formula is C22H20N6O2. The van der Waals surface area contributed by atoms with Crippen LogP contribution < -0.4 is 21.3 Å². The number of rotatable bonds is 5. The molecule has 2 aromatic heterocycles. The van der Waals surface area contributed by atoms with E-state index in [4.69, 9.17) is 10.5 Å². The van der Waals surface area contributed by atoms with Crippen molar-refractivity contribution >= 4 is 28.3 Å². The second kappa shape index (κ2) is 8.04. The number of hydrazine groups is 1. The first-order chi connectivity index (χ1) is 14.5. The molecule has 0 bridgehead atoms. The number of nitrogen functional groups attached to an aromatic ring is 1. The molecule has 0 atom stereocenters. The minimum Gasteiger partial charge on any atom is -0.435 e. The highest BCUT2D eigenvalue weighted by Gasteiger charge is 2.14. The largest absolute Gasteiger partial charge is 0.435 e. The Morgan fingerprint density at radius 1 is 1.00 bits per heavy atom. The number of ether oxygens (including phenoxy) is 1. The molecule has 8 nitrogen and oxygen atoms in total. The van der Waals surface area contributed by atoms with E-state index in [0.717, 1.165) is 16.6 Å². The van der Waals surface area contributed by atoms with Gasteiger partial charge in [-0.2, -0.15) is 4.98 Å². The van der Waals surface area contributed by atoms with Crippen LogP contribution in [0.2, 0.25) is 0 Å². The standard InChI is InChI=1S/C22H20N6O2/c1-13-6-9-16(10-7-13)21(29)28-27-20-18(23)22(25-12-24-20)30-17-5-3-4-15-11-8-14(2)26-19(15)17/h3-12H,23H2,1-2H3,(H,28,29)(H,24,25,27). The second-order valence-corrected chi connectivity index (χ2v) is 6.77. The van der Waals surface area contributed by atoms with Crippen LogP contribution in [0.1, 0.15) is 21.6 Å². The molecule has 30 heavy (non-hydrogen) atoms. The van der Waals surface area contributed by atoms with Gasteiger partial charge in [0, 0.05) is 16.6 Å². The maximum Gasteiger partial charge on any atom is 0.269 e. The summed E-state index contributed by atoms with van der Waals surface area (Å²) in [5, 5.41) is 0.939. The zero-order chi connectivity index (χ0) is 21.1. The van der Waals surface area contributed by atoms with Crippen molar-refractivity contribution in [3.05, 3.63) is 77.7 Å². The Balaban J connectivity index is 1.54. The Bertz CT molecular complexity index is 1220. The summed E-state index contributed by atoms with van der Waals surface area (Å²) < 4.78 is 5.93. The van der Waals surface area contributed by atoms with Crippen LogP contribution in [-0.2, 0) is 0 Å². The molecule has 4 rings (SSSR count). The molecule has 8 heteroatoms. The quantitative estimate of drug-likeness (QED) is 0.437. The van der Waals surface area contributed by atoms with E-state index in [9.17, 15) is 4.79 Å². The molecule has 4 aromatic rings. The SMILES string of the molecule is Cc1ccc(C(=O)NNc2ncnc(Oc3cccc4ccc(C)nc34)c2N)cc1. The summed E-state index contributed by atoms with van der Waals surface area (Å²) in [4.78, 5) is 25.0. The molecule has 0 saturated carbocycles. The van der Waals surface area contributed by atoms with Gasteiger partial charge < -0.3 is 10.5 Å². The first kappa shape index (κ1) is 19.1. The van der Waals surface area contributed by atoms with Crippen LogP contribution in [0.15, 0.2) is 60.9 Å². The first-order valence-corrected chi connectivity index (χ1v) is 9.29. The lowest BCUT2D eigenvalue weighted by molar-refractivity contribution is 0.0962. The predicted molar refractivity (Wildman–Crippen MR) is 115 cm³/mol. The molecule has 0 aliphatic rings. The topological polar surface area (TPSA) is 115 Å².